The van der Waals surface area contributed by atoms with Crippen LogP contribution in [0.2, 0.25) is 0 Å². The predicted molar refractivity (Wildman–Crippen MR) is 101 cm³/mol. The van der Waals surface area contributed by atoms with Gasteiger partial charge in [-0.2, -0.15) is 0 Å². The highest BCUT2D eigenvalue weighted by atomic mass is 15.1. The van der Waals surface area contributed by atoms with E-state index in [9.17, 15) is 0 Å². The Morgan fingerprint density at radius 3 is 1.36 bits per heavy atom. The summed E-state index contributed by atoms with van der Waals surface area (Å²) in [6, 6.07) is 0. The van der Waals surface area contributed by atoms with Gasteiger partial charge in [-0.1, -0.05) is 96.8 Å². The van der Waals surface area contributed by atoms with E-state index in [4.69, 9.17) is 0 Å². The Morgan fingerprint density at radius 1 is 0.500 bits per heavy atom. The van der Waals surface area contributed by atoms with Crippen molar-refractivity contribution in [1.29, 1.82) is 0 Å². The number of hydrogen-bond acceptors (Lipinski definition) is 1. The summed E-state index contributed by atoms with van der Waals surface area (Å²) in [5, 5.41) is 0. The van der Waals surface area contributed by atoms with Crippen LogP contribution in [0.25, 0.3) is 0 Å². The molecule has 22 heavy (non-hydrogen) atoms. The Balaban J connectivity index is 1.68. The first-order valence-corrected chi connectivity index (χ1v) is 10.7. The molecular weight excluding hydrogens is 266 g/mol. The fourth-order valence-electron chi connectivity index (χ4n) is 3.71. The van der Waals surface area contributed by atoms with Crippen LogP contribution in [0.1, 0.15) is 116 Å². The molecule has 1 fully saturated rings. The molecule has 1 aliphatic rings. The first kappa shape index (κ1) is 20.0. The van der Waals surface area contributed by atoms with E-state index in [1.807, 2.05) is 0 Å². The molecular formula is C21H43N. The SMILES string of the molecule is CCCCCCCCCCCCCCCCN1CCCCC1. The van der Waals surface area contributed by atoms with Gasteiger partial charge in [0.2, 0.25) is 0 Å². The van der Waals surface area contributed by atoms with Gasteiger partial charge in [-0.05, 0) is 38.9 Å². The number of likely N-dealkylation sites (tertiary alicyclic amines) is 1. The highest BCUT2D eigenvalue weighted by Gasteiger charge is 2.08. The molecule has 1 heteroatoms. The van der Waals surface area contributed by atoms with E-state index in [1.165, 1.54) is 129 Å². The maximum absolute atomic E-state index is 2.68. The molecule has 1 heterocycles. The quantitative estimate of drug-likeness (QED) is 0.296. The summed E-state index contributed by atoms with van der Waals surface area (Å²) in [5.41, 5.74) is 0. The largest absolute Gasteiger partial charge is 0.303 e. The lowest BCUT2D eigenvalue weighted by Gasteiger charge is -2.26. The van der Waals surface area contributed by atoms with Crippen LogP contribution in [0.5, 0.6) is 0 Å². The second kappa shape index (κ2) is 15.8. The third-order valence-corrected chi connectivity index (χ3v) is 5.28. The zero-order valence-corrected chi connectivity index (χ0v) is 15.6. The highest BCUT2D eigenvalue weighted by Crippen LogP contribution is 2.14. The highest BCUT2D eigenvalue weighted by molar-refractivity contribution is 4.64. The van der Waals surface area contributed by atoms with E-state index in [2.05, 4.69) is 11.8 Å². The molecule has 0 radical (unpaired) electrons. The third kappa shape index (κ3) is 12.5. The molecule has 1 rings (SSSR count). The lowest BCUT2D eigenvalue weighted by Crippen LogP contribution is -2.30. The summed E-state index contributed by atoms with van der Waals surface area (Å²) >= 11 is 0. The molecule has 1 nitrogen and oxygen atoms in total. The number of piperidine rings is 1. The molecule has 132 valence electrons. The van der Waals surface area contributed by atoms with Crippen molar-refractivity contribution >= 4 is 0 Å². The Kier molecular flexibility index (Phi) is 14.4. The van der Waals surface area contributed by atoms with Gasteiger partial charge in [0.25, 0.3) is 0 Å². The minimum Gasteiger partial charge on any atom is -0.303 e. The average Bonchev–Trinajstić information content (AvgIpc) is 2.56. The number of rotatable bonds is 15. The molecule has 0 atom stereocenters. The molecule has 0 aromatic rings. The van der Waals surface area contributed by atoms with E-state index in [0.717, 1.165) is 0 Å². The van der Waals surface area contributed by atoms with Crippen LogP contribution < -0.4 is 0 Å². The second-order valence-corrected chi connectivity index (χ2v) is 7.50. The van der Waals surface area contributed by atoms with Gasteiger partial charge in [0.05, 0.1) is 0 Å². The molecule has 1 aliphatic heterocycles. The smallest absolute Gasteiger partial charge is 0.00187 e. The molecule has 0 spiro atoms. The zero-order chi connectivity index (χ0) is 15.7. The summed E-state index contributed by atoms with van der Waals surface area (Å²) in [6.45, 7) is 6.42. The van der Waals surface area contributed by atoms with E-state index < -0.39 is 0 Å². The van der Waals surface area contributed by atoms with E-state index >= 15 is 0 Å². The van der Waals surface area contributed by atoms with E-state index in [0.29, 0.717) is 0 Å². The monoisotopic (exact) mass is 309 g/mol. The maximum atomic E-state index is 2.68. The first-order chi connectivity index (χ1) is 10.9. The fourth-order valence-corrected chi connectivity index (χ4v) is 3.71. The first-order valence-electron chi connectivity index (χ1n) is 10.7. The Labute approximate surface area is 141 Å². The molecule has 0 unspecified atom stereocenters. The van der Waals surface area contributed by atoms with Crippen molar-refractivity contribution < 1.29 is 0 Å². The van der Waals surface area contributed by atoms with Gasteiger partial charge in [0.1, 0.15) is 0 Å². The third-order valence-electron chi connectivity index (χ3n) is 5.28. The van der Waals surface area contributed by atoms with E-state index in [-0.39, 0.29) is 0 Å². The fraction of sp³-hybridized carbons (Fsp3) is 1.00. The Bertz CT molecular complexity index is 208. The molecule has 0 saturated carbocycles. The van der Waals surface area contributed by atoms with Crippen LogP contribution in [-0.4, -0.2) is 24.5 Å². The van der Waals surface area contributed by atoms with Gasteiger partial charge < -0.3 is 4.90 Å². The Hall–Kier alpha value is -0.0400. The molecule has 0 aromatic heterocycles. The van der Waals surface area contributed by atoms with Crippen LogP contribution in [0.3, 0.4) is 0 Å². The van der Waals surface area contributed by atoms with Gasteiger partial charge >= 0.3 is 0 Å². The molecule has 0 amide bonds. The van der Waals surface area contributed by atoms with Crippen molar-refractivity contribution in [3.63, 3.8) is 0 Å². The molecule has 0 aromatic carbocycles. The normalized spacial score (nSPS) is 16.2. The van der Waals surface area contributed by atoms with E-state index in [1.54, 1.807) is 0 Å². The second-order valence-electron chi connectivity index (χ2n) is 7.50. The number of nitrogens with zero attached hydrogens (tertiary/aromatic N) is 1. The predicted octanol–water partition coefficient (Wildman–Crippen LogP) is 6.95. The summed E-state index contributed by atoms with van der Waals surface area (Å²) < 4.78 is 0. The molecule has 0 bridgehead atoms. The van der Waals surface area contributed by atoms with Crippen LogP contribution >= 0.6 is 0 Å². The van der Waals surface area contributed by atoms with Crippen LogP contribution in [-0.2, 0) is 0 Å². The van der Waals surface area contributed by atoms with Crippen molar-refractivity contribution in [1.82, 2.24) is 4.90 Å². The standard InChI is InChI=1S/C21H43N/c1-2-3-4-5-6-7-8-9-10-11-12-13-14-16-19-22-20-17-15-18-21-22/h2-21H2,1H3. The average molecular weight is 310 g/mol. The topological polar surface area (TPSA) is 3.24 Å². The zero-order valence-electron chi connectivity index (χ0n) is 15.6. The van der Waals surface area contributed by atoms with Crippen molar-refractivity contribution in [3.05, 3.63) is 0 Å². The van der Waals surface area contributed by atoms with Crippen molar-refractivity contribution in [2.45, 2.75) is 116 Å². The minimum absolute atomic E-state index is 1.37. The van der Waals surface area contributed by atoms with Crippen molar-refractivity contribution in [3.8, 4) is 0 Å². The van der Waals surface area contributed by atoms with Gasteiger partial charge in [-0.25, -0.2) is 0 Å². The lowest BCUT2D eigenvalue weighted by molar-refractivity contribution is 0.224. The van der Waals surface area contributed by atoms with Gasteiger partial charge in [-0.3, -0.25) is 0 Å². The molecule has 1 saturated heterocycles. The van der Waals surface area contributed by atoms with Crippen molar-refractivity contribution in [2.75, 3.05) is 19.6 Å². The molecule has 0 N–H and O–H groups in total. The van der Waals surface area contributed by atoms with Crippen molar-refractivity contribution in [2.24, 2.45) is 0 Å². The lowest BCUT2D eigenvalue weighted by atomic mass is 10.0. The summed E-state index contributed by atoms with van der Waals surface area (Å²) in [4.78, 5) is 2.68. The Morgan fingerprint density at radius 2 is 0.909 bits per heavy atom. The molecule has 0 aliphatic carbocycles. The number of unbranched alkanes of at least 4 members (excludes halogenated alkanes) is 13. The van der Waals surface area contributed by atoms with Crippen LogP contribution in [0, 0.1) is 0 Å². The summed E-state index contributed by atoms with van der Waals surface area (Å²) in [5.74, 6) is 0. The summed E-state index contributed by atoms with van der Waals surface area (Å²) in [6.07, 6.45) is 24.9. The summed E-state index contributed by atoms with van der Waals surface area (Å²) in [7, 11) is 0. The van der Waals surface area contributed by atoms with Gasteiger partial charge in [0, 0.05) is 0 Å². The van der Waals surface area contributed by atoms with Crippen LogP contribution in [0.15, 0.2) is 0 Å². The minimum atomic E-state index is 1.37. The van der Waals surface area contributed by atoms with Gasteiger partial charge in [-0.15, -0.1) is 0 Å². The van der Waals surface area contributed by atoms with Gasteiger partial charge in [0.15, 0.2) is 0 Å². The number of hydrogen-bond donors (Lipinski definition) is 0. The van der Waals surface area contributed by atoms with Crippen LogP contribution in [0.4, 0.5) is 0 Å². The maximum Gasteiger partial charge on any atom is -0.00187 e.